The van der Waals surface area contributed by atoms with Gasteiger partial charge in [-0.1, -0.05) is 0 Å². The van der Waals surface area contributed by atoms with E-state index in [0.29, 0.717) is 35.2 Å². The van der Waals surface area contributed by atoms with Crippen LogP contribution < -0.4 is 5.32 Å². The van der Waals surface area contributed by atoms with Gasteiger partial charge in [0.2, 0.25) is 11.8 Å². The quantitative estimate of drug-likeness (QED) is 0.677. The molecule has 0 spiro atoms. The van der Waals surface area contributed by atoms with Gasteiger partial charge in [-0.2, -0.15) is 0 Å². The molecule has 2 aromatic heterocycles. The lowest BCUT2D eigenvalue weighted by Gasteiger charge is -2.05. The van der Waals surface area contributed by atoms with Crippen molar-refractivity contribution in [2.24, 2.45) is 0 Å². The lowest BCUT2D eigenvalue weighted by Crippen LogP contribution is -2.12. The molecule has 0 bridgehead atoms. The fraction of sp³-hybridized carbons (Fsp3) is 0.222. The maximum Gasteiger partial charge on any atom is 0.337 e. The number of carbonyl (C=O) groups excluding carboxylic acids is 2. The molecule has 1 N–H and O–H groups in total. The van der Waals surface area contributed by atoms with Crippen molar-refractivity contribution in [2.75, 3.05) is 12.4 Å². The fourth-order valence-electron chi connectivity index (χ4n) is 2.32. The first-order valence-electron chi connectivity index (χ1n) is 7.92. The van der Waals surface area contributed by atoms with Gasteiger partial charge in [0.1, 0.15) is 5.76 Å². The molecule has 0 fully saturated rings. The van der Waals surface area contributed by atoms with E-state index in [2.05, 4.69) is 20.3 Å². The molecule has 8 nitrogen and oxygen atoms in total. The van der Waals surface area contributed by atoms with Gasteiger partial charge >= 0.3 is 5.97 Å². The number of nitrogens with one attached hydrogen (secondary N) is 1. The van der Waals surface area contributed by atoms with E-state index in [-0.39, 0.29) is 12.3 Å². The van der Waals surface area contributed by atoms with E-state index in [1.165, 1.54) is 7.11 Å². The normalized spacial score (nSPS) is 10.5. The van der Waals surface area contributed by atoms with Crippen molar-refractivity contribution in [1.29, 1.82) is 0 Å². The van der Waals surface area contributed by atoms with E-state index in [1.54, 1.807) is 43.5 Å². The van der Waals surface area contributed by atoms with Crippen LogP contribution in [0.3, 0.4) is 0 Å². The summed E-state index contributed by atoms with van der Waals surface area (Å²) in [4.78, 5) is 23.4. The highest BCUT2D eigenvalue weighted by Gasteiger charge is 2.14. The monoisotopic (exact) mass is 355 g/mol. The molecule has 0 aliphatic heterocycles. The number of aromatic nitrogens is 2. The van der Waals surface area contributed by atoms with Gasteiger partial charge in [-0.25, -0.2) is 4.79 Å². The predicted octanol–water partition coefficient (Wildman–Crippen LogP) is 3.00. The Morgan fingerprint density at radius 2 is 1.92 bits per heavy atom. The number of aryl methyl sites for hydroxylation is 2. The average Bonchev–Trinajstić information content (AvgIpc) is 3.28. The van der Waals surface area contributed by atoms with Crippen LogP contribution in [0.1, 0.15) is 28.4 Å². The second-order valence-corrected chi connectivity index (χ2v) is 5.51. The number of hydrogen-bond donors (Lipinski definition) is 1. The number of furan rings is 1. The van der Waals surface area contributed by atoms with Crippen LogP contribution in [0.4, 0.5) is 5.69 Å². The Kier molecular flexibility index (Phi) is 5.12. The number of benzene rings is 1. The number of anilines is 1. The summed E-state index contributed by atoms with van der Waals surface area (Å²) in [6.07, 6.45) is 2.05. The average molecular weight is 355 g/mol. The minimum atomic E-state index is -0.428. The number of carbonyl (C=O) groups is 2. The molecule has 0 unspecified atom stereocenters. The molecular formula is C18H17N3O5. The Balaban J connectivity index is 1.54. The summed E-state index contributed by atoms with van der Waals surface area (Å²) in [5.41, 5.74) is 1.74. The van der Waals surface area contributed by atoms with E-state index in [4.69, 9.17) is 8.83 Å². The van der Waals surface area contributed by atoms with E-state index in [9.17, 15) is 9.59 Å². The smallest absolute Gasteiger partial charge is 0.337 e. The first-order valence-corrected chi connectivity index (χ1v) is 7.92. The second kappa shape index (κ2) is 7.64. The summed E-state index contributed by atoms with van der Waals surface area (Å²) in [5.74, 6) is 0.799. The van der Waals surface area contributed by atoms with Gasteiger partial charge in [0, 0.05) is 18.5 Å². The van der Waals surface area contributed by atoms with Gasteiger partial charge in [0.05, 0.1) is 24.5 Å². The maximum absolute atomic E-state index is 12.0. The topological polar surface area (TPSA) is 107 Å². The molecule has 0 saturated heterocycles. The number of rotatable bonds is 6. The Morgan fingerprint density at radius 3 is 2.58 bits per heavy atom. The number of esters is 1. The highest BCUT2D eigenvalue weighted by Crippen LogP contribution is 2.23. The van der Waals surface area contributed by atoms with Crippen molar-refractivity contribution in [3.63, 3.8) is 0 Å². The third-order valence-electron chi connectivity index (χ3n) is 3.71. The number of hydrogen-bond acceptors (Lipinski definition) is 7. The van der Waals surface area contributed by atoms with Crippen LogP contribution in [-0.4, -0.2) is 29.2 Å². The van der Waals surface area contributed by atoms with Gasteiger partial charge in [-0.3, -0.25) is 4.79 Å². The molecule has 1 aromatic carbocycles. The molecule has 134 valence electrons. The number of nitrogens with zero attached hydrogens (tertiary/aromatic N) is 2. The molecular weight excluding hydrogens is 338 g/mol. The Hall–Kier alpha value is -3.42. The molecule has 0 aliphatic rings. The molecule has 0 saturated carbocycles. The van der Waals surface area contributed by atoms with Crippen molar-refractivity contribution in [1.82, 2.24) is 10.2 Å². The molecule has 26 heavy (non-hydrogen) atoms. The van der Waals surface area contributed by atoms with Crippen molar-refractivity contribution in [3.8, 4) is 11.5 Å². The largest absolute Gasteiger partial charge is 0.469 e. The lowest BCUT2D eigenvalue weighted by molar-refractivity contribution is -0.116. The molecule has 0 radical (unpaired) electrons. The molecule has 0 atom stereocenters. The summed E-state index contributed by atoms with van der Waals surface area (Å²) in [7, 11) is 1.31. The van der Waals surface area contributed by atoms with Crippen molar-refractivity contribution in [2.45, 2.75) is 19.8 Å². The van der Waals surface area contributed by atoms with Crippen molar-refractivity contribution < 1.29 is 23.2 Å². The van der Waals surface area contributed by atoms with Crippen LogP contribution in [0.5, 0.6) is 0 Å². The van der Waals surface area contributed by atoms with Gasteiger partial charge in [-0.05, 0) is 37.3 Å². The van der Waals surface area contributed by atoms with Gasteiger partial charge in [0.25, 0.3) is 5.89 Å². The summed E-state index contributed by atoms with van der Waals surface area (Å²) in [5, 5.41) is 10.7. The Bertz CT molecular complexity index is 911. The number of methoxy groups -OCH3 is 1. The maximum atomic E-state index is 12.0. The summed E-state index contributed by atoms with van der Waals surface area (Å²) >= 11 is 0. The SMILES string of the molecule is COC(=O)c1ccc(NC(=O)CCc2nnc(-c3ccoc3C)o2)cc1. The van der Waals surface area contributed by atoms with Crippen molar-refractivity contribution in [3.05, 3.63) is 53.8 Å². The van der Waals surface area contributed by atoms with Gasteiger partial charge in [-0.15, -0.1) is 10.2 Å². The first-order chi connectivity index (χ1) is 12.6. The lowest BCUT2D eigenvalue weighted by atomic mass is 10.2. The minimum absolute atomic E-state index is 0.185. The van der Waals surface area contributed by atoms with E-state index in [1.807, 2.05) is 0 Å². The van der Waals surface area contributed by atoms with Crippen LogP contribution in [0.25, 0.3) is 11.5 Å². The Labute approximate surface area is 149 Å². The highest BCUT2D eigenvalue weighted by atomic mass is 16.5. The zero-order valence-corrected chi connectivity index (χ0v) is 14.3. The number of amides is 1. The molecule has 3 aromatic rings. The molecule has 3 rings (SSSR count). The standard InChI is InChI=1S/C18H17N3O5/c1-11-14(9-10-25-11)17-21-20-16(26-17)8-7-15(22)19-13-5-3-12(4-6-13)18(23)24-2/h3-6,9-10H,7-8H2,1-2H3,(H,19,22). The second-order valence-electron chi connectivity index (χ2n) is 5.51. The fourth-order valence-corrected chi connectivity index (χ4v) is 2.32. The predicted molar refractivity (Wildman–Crippen MR) is 91.5 cm³/mol. The summed E-state index contributed by atoms with van der Waals surface area (Å²) in [6.45, 7) is 1.80. The van der Waals surface area contributed by atoms with Gasteiger partial charge in [0.15, 0.2) is 0 Å². The zero-order valence-electron chi connectivity index (χ0n) is 14.3. The molecule has 8 heteroatoms. The van der Waals surface area contributed by atoms with E-state index in [0.717, 1.165) is 5.56 Å². The van der Waals surface area contributed by atoms with Gasteiger partial charge < -0.3 is 18.9 Å². The third kappa shape index (κ3) is 3.97. The van der Waals surface area contributed by atoms with Crippen LogP contribution in [0.2, 0.25) is 0 Å². The van der Waals surface area contributed by atoms with E-state index >= 15 is 0 Å². The first kappa shape index (κ1) is 17.4. The van der Waals surface area contributed by atoms with E-state index < -0.39 is 5.97 Å². The summed E-state index contributed by atoms with van der Waals surface area (Å²) in [6, 6.07) is 8.18. The molecule has 1 amide bonds. The highest BCUT2D eigenvalue weighted by molar-refractivity contribution is 5.93. The van der Waals surface area contributed by atoms with Crippen molar-refractivity contribution >= 4 is 17.6 Å². The third-order valence-corrected chi connectivity index (χ3v) is 3.71. The zero-order chi connectivity index (χ0) is 18.5. The Morgan fingerprint density at radius 1 is 1.15 bits per heavy atom. The number of ether oxygens (including phenoxy) is 1. The van der Waals surface area contributed by atoms with Crippen LogP contribution >= 0.6 is 0 Å². The molecule has 0 aliphatic carbocycles. The van der Waals surface area contributed by atoms with Crippen LogP contribution in [0, 0.1) is 6.92 Å². The molecule has 2 heterocycles. The minimum Gasteiger partial charge on any atom is -0.469 e. The summed E-state index contributed by atoms with van der Waals surface area (Å²) < 4.78 is 15.4. The van der Waals surface area contributed by atoms with Crippen LogP contribution in [0.15, 0.2) is 45.4 Å². The van der Waals surface area contributed by atoms with Crippen LogP contribution in [-0.2, 0) is 16.0 Å².